The normalized spacial score (nSPS) is 19.1. The number of aryl methyl sites for hydroxylation is 1. The van der Waals surface area contributed by atoms with Gasteiger partial charge in [0.2, 0.25) is 11.4 Å². The first kappa shape index (κ1) is 26.1. The van der Waals surface area contributed by atoms with Crippen LogP contribution in [0, 0.1) is 12.3 Å². The van der Waals surface area contributed by atoms with Crippen LogP contribution < -0.4 is 14.8 Å². The number of nitrogens with one attached hydrogen (secondary N) is 1. The van der Waals surface area contributed by atoms with Gasteiger partial charge in [-0.15, -0.1) is 6.42 Å². The van der Waals surface area contributed by atoms with E-state index in [0.29, 0.717) is 25.0 Å². The number of thiazole rings is 1. The molecule has 1 unspecified atom stereocenters. The van der Waals surface area contributed by atoms with Crippen LogP contribution >= 0.6 is 11.3 Å². The molecule has 6 rings (SSSR count). The van der Waals surface area contributed by atoms with Gasteiger partial charge in [-0.3, -0.25) is 4.79 Å². The molecular weight excluding hydrogens is 518 g/mol. The number of hydrogen-bond acceptors (Lipinski definition) is 5. The Balaban J connectivity index is 1.32. The predicted octanol–water partition coefficient (Wildman–Crippen LogP) is 5.04. The first-order valence-corrected chi connectivity index (χ1v) is 14.5. The van der Waals surface area contributed by atoms with Crippen molar-refractivity contribution in [2.75, 3.05) is 18.0 Å². The summed E-state index contributed by atoms with van der Waals surface area (Å²) in [6.45, 7) is 6.26. The van der Waals surface area contributed by atoms with E-state index in [1.54, 1.807) is 11.3 Å². The molecule has 0 aliphatic carbocycles. The molecule has 0 saturated carbocycles. The van der Waals surface area contributed by atoms with Gasteiger partial charge in [-0.25, -0.2) is 4.79 Å². The van der Waals surface area contributed by atoms with Crippen molar-refractivity contribution in [2.45, 2.75) is 51.2 Å². The molecule has 1 atom stereocenters. The van der Waals surface area contributed by atoms with E-state index in [4.69, 9.17) is 11.2 Å². The molecule has 0 bridgehead atoms. The van der Waals surface area contributed by atoms with Gasteiger partial charge in [0.05, 0.1) is 12.1 Å². The molecule has 6 nitrogen and oxygen atoms in total. The number of anilines is 1. The second-order valence-corrected chi connectivity index (χ2v) is 11.9. The summed E-state index contributed by atoms with van der Waals surface area (Å²) in [5.74, 6) is 2.10. The Kier molecular flexibility index (Phi) is 6.81. The summed E-state index contributed by atoms with van der Waals surface area (Å²) in [5.41, 5.74) is 6.34. The fourth-order valence-electron chi connectivity index (χ4n) is 6.15. The number of benzene rings is 2. The third-order valence-corrected chi connectivity index (χ3v) is 9.11. The largest absolute Gasteiger partial charge is 0.454 e. The average molecular weight is 551 g/mol. The van der Waals surface area contributed by atoms with Gasteiger partial charge in [0.25, 0.3) is 5.01 Å². The van der Waals surface area contributed by atoms with E-state index in [0.717, 1.165) is 33.8 Å². The van der Waals surface area contributed by atoms with Crippen LogP contribution in [0.15, 0.2) is 77.5 Å². The fourth-order valence-corrected chi connectivity index (χ4v) is 7.24. The van der Waals surface area contributed by atoms with Gasteiger partial charge in [0, 0.05) is 60.3 Å². The van der Waals surface area contributed by atoms with Crippen LogP contribution in [0.4, 0.5) is 5.69 Å². The molecule has 0 fully saturated rings. The molecule has 0 saturated heterocycles. The molecule has 4 heterocycles. The standard InChI is InChI=1S/C33H31N3O3S/c1-4-18-34-29(37)14-9-19-35-26-12-7-8-13-28(26)40-30(35)16-15-22-21-23-27(39-32(22)38)17-20-36-25-11-6-5-10-24(25)33(2,3)31(23)36/h1,5-8,10-13,15-16,21,27H,9,14,17-20H2,2-3H3/p+1. The van der Waals surface area contributed by atoms with Crippen LogP contribution in [0.5, 0.6) is 0 Å². The number of fused-ring (bicyclic) bond motifs is 5. The Labute approximate surface area is 238 Å². The number of para-hydroxylation sites is 2. The van der Waals surface area contributed by atoms with E-state index in [-0.39, 0.29) is 29.9 Å². The minimum atomic E-state index is -0.287. The summed E-state index contributed by atoms with van der Waals surface area (Å²) in [7, 11) is 0. The molecule has 1 amide bonds. The number of nitrogens with zero attached hydrogens (tertiary/aromatic N) is 2. The van der Waals surface area contributed by atoms with Gasteiger partial charge in [0.1, 0.15) is 10.8 Å². The van der Waals surface area contributed by atoms with Gasteiger partial charge in [-0.2, -0.15) is 4.57 Å². The minimum absolute atomic E-state index is 0.0483. The number of hydrogen-bond donors (Lipinski definition) is 1. The summed E-state index contributed by atoms with van der Waals surface area (Å²) < 4.78 is 9.36. The summed E-state index contributed by atoms with van der Waals surface area (Å²) >= 11 is 1.67. The SMILES string of the molecule is C#CCNC(=O)CCC[n+]1c(/C=C/C2=CC3=C4N(CCC3OC2=O)c2ccccc2C4(C)C)sc2ccccc21. The van der Waals surface area contributed by atoms with Gasteiger partial charge in [-0.05, 0) is 29.8 Å². The molecule has 0 radical (unpaired) electrons. The van der Waals surface area contributed by atoms with Crippen LogP contribution in [0.25, 0.3) is 16.3 Å². The Bertz CT molecular complexity index is 1650. The number of terminal acetylenes is 1. The number of ether oxygens (including phenoxy) is 1. The van der Waals surface area contributed by atoms with Gasteiger partial charge < -0.3 is 15.0 Å². The third-order valence-electron chi connectivity index (χ3n) is 7.98. The van der Waals surface area contributed by atoms with Gasteiger partial charge in [0.15, 0.2) is 6.54 Å². The van der Waals surface area contributed by atoms with Crippen molar-refractivity contribution in [1.29, 1.82) is 0 Å². The zero-order chi connectivity index (χ0) is 27.9. The molecule has 3 aromatic rings. The van der Waals surface area contributed by atoms with Crippen LogP contribution in [0.1, 0.15) is 43.7 Å². The smallest absolute Gasteiger partial charge is 0.338 e. The lowest BCUT2D eigenvalue weighted by atomic mass is 9.79. The third kappa shape index (κ3) is 4.52. The second-order valence-electron chi connectivity index (χ2n) is 10.9. The monoisotopic (exact) mass is 550 g/mol. The van der Waals surface area contributed by atoms with E-state index in [2.05, 4.69) is 70.9 Å². The Morgan fingerprint density at radius 2 is 2.02 bits per heavy atom. The molecule has 0 spiro atoms. The molecule has 3 aliphatic rings. The summed E-state index contributed by atoms with van der Waals surface area (Å²) in [6.07, 6.45) is 12.8. The lowest BCUT2D eigenvalue weighted by molar-refractivity contribution is -0.669. The molecule has 3 aliphatic heterocycles. The molecule has 7 heteroatoms. The van der Waals surface area contributed by atoms with Crippen molar-refractivity contribution >= 4 is 45.2 Å². The van der Waals surface area contributed by atoms with Crippen molar-refractivity contribution in [3.05, 3.63) is 88.1 Å². The second kappa shape index (κ2) is 10.4. The molecular formula is C33H32N3O3S+. The lowest BCUT2D eigenvalue weighted by Crippen LogP contribution is -2.40. The maximum absolute atomic E-state index is 13.1. The summed E-state index contributed by atoms with van der Waals surface area (Å²) in [4.78, 5) is 27.6. The van der Waals surface area contributed by atoms with Gasteiger partial charge in [-0.1, -0.05) is 61.4 Å². The molecule has 40 heavy (non-hydrogen) atoms. The first-order valence-electron chi connectivity index (χ1n) is 13.7. The van der Waals surface area contributed by atoms with Crippen LogP contribution in [-0.2, 0) is 26.3 Å². The van der Waals surface area contributed by atoms with E-state index in [1.807, 2.05) is 30.4 Å². The lowest BCUT2D eigenvalue weighted by Gasteiger charge is -2.38. The Morgan fingerprint density at radius 1 is 1.23 bits per heavy atom. The maximum Gasteiger partial charge on any atom is 0.338 e. The molecule has 2 aromatic carbocycles. The van der Waals surface area contributed by atoms with Crippen LogP contribution in [-0.4, -0.2) is 31.1 Å². The highest BCUT2D eigenvalue weighted by Crippen LogP contribution is 2.52. The number of carbonyl (C=O) groups excluding carboxylic acids is 2. The number of carbonyl (C=O) groups is 2. The van der Waals surface area contributed by atoms with Crippen molar-refractivity contribution in [1.82, 2.24) is 5.32 Å². The number of amides is 1. The van der Waals surface area contributed by atoms with Crippen molar-refractivity contribution in [3.8, 4) is 12.3 Å². The van der Waals surface area contributed by atoms with E-state index in [9.17, 15) is 9.59 Å². The molecule has 1 N–H and O–H groups in total. The zero-order valence-corrected chi connectivity index (χ0v) is 23.6. The van der Waals surface area contributed by atoms with E-state index < -0.39 is 0 Å². The summed E-state index contributed by atoms with van der Waals surface area (Å²) in [5, 5.41) is 3.74. The van der Waals surface area contributed by atoms with Crippen LogP contribution in [0.3, 0.4) is 0 Å². The Morgan fingerprint density at radius 3 is 2.88 bits per heavy atom. The molecule has 1 aromatic heterocycles. The average Bonchev–Trinajstić information content (AvgIpc) is 3.42. The van der Waals surface area contributed by atoms with Gasteiger partial charge >= 0.3 is 5.97 Å². The Hall–Kier alpha value is -4.15. The maximum atomic E-state index is 13.1. The first-order chi connectivity index (χ1) is 19.4. The van der Waals surface area contributed by atoms with Crippen molar-refractivity contribution in [3.63, 3.8) is 0 Å². The number of rotatable bonds is 7. The fraction of sp³-hybridized carbons (Fsp3) is 0.303. The highest BCUT2D eigenvalue weighted by molar-refractivity contribution is 7.18. The number of esters is 1. The van der Waals surface area contributed by atoms with Crippen molar-refractivity contribution < 1.29 is 18.9 Å². The summed E-state index contributed by atoms with van der Waals surface area (Å²) in [6, 6.07) is 16.8. The number of aromatic nitrogens is 1. The zero-order valence-electron chi connectivity index (χ0n) is 22.8. The van der Waals surface area contributed by atoms with E-state index in [1.165, 1.54) is 16.9 Å². The highest BCUT2D eigenvalue weighted by atomic mass is 32.1. The minimum Gasteiger partial charge on any atom is -0.454 e. The van der Waals surface area contributed by atoms with E-state index >= 15 is 0 Å². The van der Waals surface area contributed by atoms with Crippen molar-refractivity contribution in [2.24, 2.45) is 0 Å². The topological polar surface area (TPSA) is 62.5 Å². The van der Waals surface area contributed by atoms with Crippen LogP contribution in [0.2, 0.25) is 0 Å². The highest BCUT2D eigenvalue weighted by Gasteiger charge is 2.46. The molecule has 202 valence electrons. The quantitative estimate of drug-likeness (QED) is 0.254. The number of allylic oxidation sites excluding steroid dienone is 1. The predicted molar refractivity (Wildman–Crippen MR) is 159 cm³/mol.